The van der Waals surface area contributed by atoms with Crippen LogP contribution in [0.1, 0.15) is 39.4 Å². The average molecular weight is 287 g/mol. The Bertz CT molecular complexity index is 632. The summed E-state index contributed by atoms with van der Waals surface area (Å²) in [6, 6.07) is 3.94. The Kier molecular flexibility index (Phi) is 2.88. The predicted molar refractivity (Wildman–Crippen MR) is 79.2 cm³/mol. The standard InChI is InChI=1S/C15H17N3OS/c19-15(13-8-11-2-1-3-12(11)20-13)17-14-6-7-16-18(14)9-10-4-5-10/h6-8,10H,1-5,9H2,(H,17,19). The summed E-state index contributed by atoms with van der Waals surface area (Å²) in [4.78, 5) is 14.5. The van der Waals surface area contributed by atoms with Crippen LogP contribution >= 0.6 is 11.3 Å². The summed E-state index contributed by atoms with van der Waals surface area (Å²) in [7, 11) is 0. The molecule has 0 unspecified atom stereocenters. The van der Waals surface area contributed by atoms with Gasteiger partial charge in [0, 0.05) is 17.5 Å². The maximum atomic E-state index is 12.3. The topological polar surface area (TPSA) is 46.9 Å². The molecule has 0 bridgehead atoms. The van der Waals surface area contributed by atoms with Gasteiger partial charge in [0.2, 0.25) is 0 Å². The van der Waals surface area contributed by atoms with Gasteiger partial charge in [-0.3, -0.25) is 4.79 Å². The number of amides is 1. The quantitative estimate of drug-likeness (QED) is 0.939. The van der Waals surface area contributed by atoms with Gasteiger partial charge in [0.25, 0.3) is 5.91 Å². The maximum Gasteiger partial charge on any atom is 0.266 e. The van der Waals surface area contributed by atoms with Crippen molar-refractivity contribution >= 4 is 23.1 Å². The zero-order valence-corrected chi connectivity index (χ0v) is 12.1. The lowest BCUT2D eigenvalue weighted by Gasteiger charge is -2.07. The molecular weight excluding hydrogens is 270 g/mol. The Morgan fingerprint density at radius 2 is 2.35 bits per heavy atom. The largest absolute Gasteiger partial charge is 0.306 e. The van der Waals surface area contributed by atoms with Gasteiger partial charge in [-0.05, 0) is 49.7 Å². The van der Waals surface area contributed by atoms with Gasteiger partial charge >= 0.3 is 0 Å². The lowest BCUT2D eigenvalue weighted by Crippen LogP contribution is -2.15. The fourth-order valence-corrected chi connectivity index (χ4v) is 3.90. The Morgan fingerprint density at radius 3 is 3.15 bits per heavy atom. The van der Waals surface area contributed by atoms with Crippen LogP contribution in [0.2, 0.25) is 0 Å². The third kappa shape index (κ3) is 2.26. The number of hydrogen-bond acceptors (Lipinski definition) is 3. The second kappa shape index (κ2) is 4.74. The molecule has 104 valence electrons. The highest BCUT2D eigenvalue weighted by Gasteiger charge is 2.24. The number of aromatic nitrogens is 2. The molecule has 1 fully saturated rings. The summed E-state index contributed by atoms with van der Waals surface area (Å²) in [5.41, 5.74) is 1.37. The second-order valence-corrected chi connectivity index (χ2v) is 6.85. The first-order valence-electron chi connectivity index (χ1n) is 7.24. The summed E-state index contributed by atoms with van der Waals surface area (Å²) in [6.45, 7) is 0.920. The molecule has 1 N–H and O–H groups in total. The summed E-state index contributed by atoms with van der Waals surface area (Å²) < 4.78 is 1.91. The summed E-state index contributed by atoms with van der Waals surface area (Å²) in [6.07, 6.45) is 7.81. The zero-order chi connectivity index (χ0) is 13.5. The van der Waals surface area contributed by atoms with E-state index < -0.39 is 0 Å². The predicted octanol–water partition coefficient (Wildman–Crippen LogP) is 3.10. The van der Waals surface area contributed by atoms with Gasteiger partial charge in [-0.25, -0.2) is 4.68 Å². The van der Waals surface area contributed by atoms with Gasteiger partial charge in [-0.2, -0.15) is 5.10 Å². The number of anilines is 1. The van der Waals surface area contributed by atoms with Crippen molar-refractivity contribution in [3.05, 3.63) is 33.6 Å². The first-order chi connectivity index (χ1) is 9.79. The van der Waals surface area contributed by atoms with Gasteiger partial charge in [-0.1, -0.05) is 0 Å². The van der Waals surface area contributed by atoms with E-state index >= 15 is 0 Å². The third-order valence-corrected chi connectivity index (χ3v) is 5.29. The second-order valence-electron chi connectivity index (χ2n) is 5.71. The monoisotopic (exact) mass is 287 g/mol. The van der Waals surface area contributed by atoms with Crippen molar-refractivity contribution in [2.24, 2.45) is 5.92 Å². The summed E-state index contributed by atoms with van der Waals surface area (Å²) in [5, 5.41) is 7.30. The highest BCUT2D eigenvalue weighted by Crippen LogP contribution is 2.32. The van der Waals surface area contributed by atoms with E-state index in [0.717, 1.165) is 36.0 Å². The van der Waals surface area contributed by atoms with E-state index in [-0.39, 0.29) is 5.91 Å². The maximum absolute atomic E-state index is 12.3. The lowest BCUT2D eigenvalue weighted by atomic mass is 10.2. The van der Waals surface area contributed by atoms with E-state index in [9.17, 15) is 4.79 Å². The number of thiophene rings is 1. The fourth-order valence-electron chi connectivity index (χ4n) is 2.75. The number of aryl methyl sites for hydroxylation is 2. The van der Waals surface area contributed by atoms with Crippen molar-refractivity contribution in [3.8, 4) is 0 Å². The Hall–Kier alpha value is -1.62. The number of rotatable bonds is 4. The molecule has 0 aliphatic heterocycles. The van der Waals surface area contributed by atoms with Gasteiger partial charge in [-0.15, -0.1) is 11.3 Å². The van der Waals surface area contributed by atoms with Crippen LogP contribution in [0.25, 0.3) is 0 Å². The molecular formula is C15H17N3OS. The van der Waals surface area contributed by atoms with Gasteiger partial charge in [0.1, 0.15) is 5.82 Å². The number of fused-ring (bicyclic) bond motifs is 1. The average Bonchev–Trinajstić information content (AvgIpc) is 2.83. The first kappa shape index (κ1) is 12.1. The van der Waals surface area contributed by atoms with E-state index in [0.29, 0.717) is 0 Å². The highest BCUT2D eigenvalue weighted by molar-refractivity contribution is 7.14. The third-order valence-electron chi connectivity index (χ3n) is 4.06. The number of nitrogens with zero attached hydrogens (tertiary/aromatic N) is 2. The molecule has 2 aromatic heterocycles. The molecule has 0 saturated heterocycles. The molecule has 1 amide bonds. The molecule has 2 aliphatic carbocycles. The number of hydrogen-bond donors (Lipinski definition) is 1. The molecule has 0 atom stereocenters. The number of nitrogens with one attached hydrogen (secondary N) is 1. The van der Waals surface area contributed by atoms with Crippen LogP contribution in [0.5, 0.6) is 0 Å². The van der Waals surface area contributed by atoms with Crippen LogP contribution in [-0.2, 0) is 19.4 Å². The highest BCUT2D eigenvalue weighted by atomic mass is 32.1. The number of carbonyl (C=O) groups excluding carboxylic acids is 1. The Morgan fingerprint density at radius 1 is 1.45 bits per heavy atom. The van der Waals surface area contributed by atoms with Crippen molar-refractivity contribution in [3.63, 3.8) is 0 Å². The Balaban J connectivity index is 1.50. The van der Waals surface area contributed by atoms with Crippen molar-refractivity contribution in [1.29, 1.82) is 0 Å². The number of carbonyl (C=O) groups is 1. The minimum atomic E-state index is 0.00180. The molecule has 0 spiro atoms. The molecule has 2 aliphatic rings. The van der Waals surface area contributed by atoms with Gasteiger partial charge < -0.3 is 5.32 Å². The molecule has 20 heavy (non-hydrogen) atoms. The van der Waals surface area contributed by atoms with Crippen LogP contribution < -0.4 is 5.32 Å². The molecule has 1 saturated carbocycles. The molecule has 4 rings (SSSR count). The summed E-state index contributed by atoms with van der Waals surface area (Å²) in [5.74, 6) is 1.56. The molecule has 5 heteroatoms. The van der Waals surface area contributed by atoms with Crippen molar-refractivity contribution in [2.75, 3.05) is 5.32 Å². The van der Waals surface area contributed by atoms with Crippen LogP contribution in [0, 0.1) is 5.92 Å². The van der Waals surface area contributed by atoms with Crippen LogP contribution in [-0.4, -0.2) is 15.7 Å². The van der Waals surface area contributed by atoms with Crippen LogP contribution in [0.4, 0.5) is 5.82 Å². The van der Waals surface area contributed by atoms with E-state index in [2.05, 4.69) is 16.5 Å². The SMILES string of the molecule is O=C(Nc1ccnn1CC1CC1)c1cc2c(s1)CCC2. The van der Waals surface area contributed by atoms with E-state index in [4.69, 9.17) is 0 Å². The normalized spacial score (nSPS) is 17.2. The molecule has 2 aromatic rings. The molecule has 2 heterocycles. The van der Waals surface area contributed by atoms with Crippen molar-refractivity contribution < 1.29 is 4.79 Å². The smallest absolute Gasteiger partial charge is 0.266 e. The van der Waals surface area contributed by atoms with E-state index in [1.807, 2.05) is 10.7 Å². The van der Waals surface area contributed by atoms with Gasteiger partial charge in [0.05, 0.1) is 11.1 Å². The van der Waals surface area contributed by atoms with Crippen molar-refractivity contribution in [2.45, 2.75) is 38.6 Å². The zero-order valence-electron chi connectivity index (χ0n) is 11.3. The van der Waals surface area contributed by atoms with Gasteiger partial charge in [0.15, 0.2) is 0 Å². The van der Waals surface area contributed by atoms with Crippen LogP contribution in [0.3, 0.4) is 0 Å². The van der Waals surface area contributed by atoms with E-state index in [1.54, 1.807) is 17.5 Å². The summed E-state index contributed by atoms with van der Waals surface area (Å²) >= 11 is 1.64. The van der Waals surface area contributed by atoms with E-state index in [1.165, 1.54) is 29.7 Å². The minimum absolute atomic E-state index is 0.00180. The first-order valence-corrected chi connectivity index (χ1v) is 8.06. The molecule has 0 radical (unpaired) electrons. The lowest BCUT2D eigenvalue weighted by molar-refractivity contribution is 0.102. The van der Waals surface area contributed by atoms with Crippen LogP contribution in [0.15, 0.2) is 18.3 Å². The fraction of sp³-hybridized carbons (Fsp3) is 0.467. The molecule has 0 aromatic carbocycles. The minimum Gasteiger partial charge on any atom is -0.306 e. The molecule has 4 nitrogen and oxygen atoms in total. The Labute approximate surface area is 121 Å². The van der Waals surface area contributed by atoms with Crippen molar-refractivity contribution in [1.82, 2.24) is 9.78 Å².